The number of rotatable bonds is 7. The van der Waals surface area contributed by atoms with Crippen molar-refractivity contribution in [2.45, 2.75) is 32.1 Å². The largest absolute Gasteiger partial charge is 0.495 e. The molecule has 26 heavy (non-hydrogen) atoms. The van der Waals surface area contributed by atoms with Crippen LogP contribution in [-0.4, -0.2) is 30.5 Å². The van der Waals surface area contributed by atoms with Gasteiger partial charge in [0.05, 0.1) is 17.7 Å². The number of amides is 1. The number of esters is 1. The van der Waals surface area contributed by atoms with Crippen LogP contribution in [0.25, 0.3) is 0 Å². The lowest BCUT2D eigenvalue weighted by atomic mass is 9.86. The minimum Gasteiger partial charge on any atom is -0.495 e. The zero-order valence-electron chi connectivity index (χ0n) is 14.6. The van der Waals surface area contributed by atoms with Crippen LogP contribution in [0.2, 0.25) is 0 Å². The summed E-state index contributed by atoms with van der Waals surface area (Å²) in [6.45, 7) is -0.425. The number of hydrogen-bond donors (Lipinski definition) is 1. The first-order valence-corrected chi connectivity index (χ1v) is 8.74. The molecule has 1 amide bonds. The SMILES string of the molecule is COc1ccc([N+](=O)[O-])cc1NC(=O)COC(=O)C[C@H]1C[C@H]2CC[C@@H]1C2. The summed E-state index contributed by atoms with van der Waals surface area (Å²) in [5.41, 5.74) is -0.00904. The van der Waals surface area contributed by atoms with Gasteiger partial charge in [-0.3, -0.25) is 19.7 Å². The summed E-state index contributed by atoms with van der Waals surface area (Å²) in [6, 6.07) is 3.88. The fourth-order valence-electron chi connectivity index (χ4n) is 4.14. The third kappa shape index (κ3) is 4.12. The molecule has 2 saturated carbocycles. The van der Waals surface area contributed by atoms with Gasteiger partial charge in [0.25, 0.3) is 11.6 Å². The van der Waals surface area contributed by atoms with Crippen molar-refractivity contribution >= 4 is 23.3 Å². The summed E-state index contributed by atoms with van der Waals surface area (Å²) in [7, 11) is 1.40. The predicted octanol–water partition coefficient (Wildman–Crippen LogP) is 2.91. The highest BCUT2D eigenvalue weighted by atomic mass is 16.6. The zero-order valence-corrected chi connectivity index (χ0v) is 14.6. The van der Waals surface area contributed by atoms with E-state index in [1.54, 1.807) is 0 Å². The van der Waals surface area contributed by atoms with E-state index in [9.17, 15) is 19.7 Å². The number of carbonyl (C=O) groups is 2. The Balaban J connectivity index is 1.50. The molecule has 0 spiro atoms. The second kappa shape index (κ2) is 7.72. The molecule has 8 nitrogen and oxygen atoms in total. The first-order valence-electron chi connectivity index (χ1n) is 8.74. The number of methoxy groups -OCH3 is 1. The van der Waals surface area contributed by atoms with Crippen LogP contribution in [-0.2, 0) is 14.3 Å². The number of hydrogen-bond acceptors (Lipinski definition) is 6. The molecule has 0 heterocycles. The molecule has 1 aromatic rings. The Morgan fingerprint density at radius 2 is 2.12 bits per heavy atom. The Hall–Kier alpha value is -2.64. The lowest BCUT2D eigenvalue weighted by molar-refractivity contribution is -0.384. The molecule has 1 N–H and O–H groups in total. The van der Waals surface area contributed by atoms with Crippen LogP contribution in [0.3, 0.4) is 0 Å². The van der Waals surface area contributed by atoms with Crippen LogP contribution >= 0.6 is 0 Å². The van der Waals surface area contributed by atoms with Gasteiger partial charge in [-0.05, 0) is 43.1 Å². The van der Waals surface area contributed by atoms with Crippen molar-refractivity contribution in [2.75, 3.05) is 19.0 Å². The van der Waals surface area contributed by atoms with Gasteiger partial charge in [-0.2, -0.15) is 0 Å². The monoisotopic (exact) mass is 362 g/mol. The minimum atomic E-state index is -0.565. The fourth-order valence-corrected chi connectivity index (χ4v) is 4.14. The third-order valence-corrected chi connectivity index (χ3v) is 5.35. The Morgan fingerprint density at radius 1 is 1.31 bits per heavy atom. The molecule has 2 fully saturated rings. The van der Waals surface area contributed by atoms with Gasteiger partial charge in [-0.15, -0.1) is 0 Å². The maximum atomic E-state index is 12.0. The molecule has 3 rings (SSSR count). The van der Waals surface area contributed by atoms with Crippen LogP contribution < -0.4 is 10.1 Å². The molecular weight excluding hydrogens is 340 g/mol. The molecule has 2 aliphatic rings. The van der Waals surface area contributed by atoms with Crippen molar-refractivity contribution in [1.82, 2.24) is 0 Å². The fraction of sp³-hybridized carbons (Fsp3) is 0.556. The van der Waals surface area contributed by atoms with Crippen molar-refractivity contribution in [2.24, 2.45) is 17.8 Å². The summed E-state index contributed by atoms with van der Waals surface area (Å²) in [5, 5.41) is 13.3. The van der Waals surface area contributed by atoms with Crippen molar-refractivity contribution in [3.05, 3.63) is 28.3 Å². The molecule has 0 aromatic heterocycles. The van der Waals surface area contributed by atoms with Crippen LogP contribution in [0, 0.1) is 27.9 Å². The molecule has 0 unspecified atom stereocenters. The van der Waals surface area contributed by atoms with Gasteiger partial charge >= 0.3 is 5.97 Å². The normalized spacial score (nSPS) is 23.5. The van der Waals surface area contributed by atoms with E-state index in [1.165, 1.54) is 44.6 Å². The smallest absolute Gasteiger partial charge is 0.306 e. The van der Waals surface area contributed by atoms with E-state index in [-0.39, 0.29) is 23.1 Å². The first-order chi connectivity index (χ1) is 12.5. The number of nitrogens with zero attached hydrogens (tertiary/aromatic N) is 1. The predicted molar refractivity (Wildman–Crippen MR) is 92.8 cm³/mol. The van der Waals surface area contributed by atoms with Crippen LogP contribution in [0.5, 0.6) is 5.75 Å². The summed E-state index contributed by atoms with van der Waals surface area (Å²) in [4.78, 5) is 34.3. The lowest BCUT2D eigenvalue weighted by Crippen LogP contribution is -2.23. The highest BCUT2D eigenvalue weighted by molar-refractivity contribution is 5.94. The number of nitro groups is 1. The lowest BCUT2D eigenvalue weighted by Gasteiger charge is -2.20. The van der Waals surface area contributed by atoms with Gasteiger partial charge in [0.2, 0.25) is 0 Å². The Kier molecular flexibility index (Phi) is 5.39. The summed E-state index contributed by atoms with van der Waals surface area (Å²) >= 11 is 0. The van der Waals surface area contributed by atoms with Gasteiger partial charge in [-0.25, -0.2) is 0 Å². The molecule has 0 saturated heterocycles. The van der Waals surface area contributed by atoms with Crippen molar-refractivity contribution < 1.29 is 24.0 Å². The van der Waals surface area contributed by atoms with Crippen LogP contribution in [0.15, 0.2) is 18.2 Å². The van der Waals surface area contributed by atoms with Crippen molar-refractivity contribution in [3.63, 3.8) is 0 Å². The number of non-ortho nitro benzene ring substituents is 1. The highest BCUT2D eigenvalue weighted by Crippen LogP contribution is 2.49. The maximum Gasteiger partial charge on any atom is 0.306 e. The van der Waals surface area contributed by atoms with E-state index in [1.807, 2.05) is 0 Å². The first kappa shape index (κ1) is 18.2. The standard InChI is InChI=1S/C18H22N2O6/c1-25-16-5-4-14(20(23)24)9-15(16)19-17(21)10-26-18(22)8-13-7-11-2-3-12(13)6-11/h4-5,9,11-13H,2-3,6-8,10H2,1H3,(H,19,21)/t11-,12+,13+/m0/s1. The minimum absolute atomic E-state index is 0.163. The van der Waals surface area contributed by atoms with E-state index in [0.717, 1.165) is 12.3 Å². The van der Waals surface area contributed by atoms with E-state index in [2.05, 4.69) is 5.32 Å². The summed E-state index contributed by atoms with van der Waals surface area (Å²) in [5.74, 6) is 1.10. The van der Waals surface area contributed by atoms with E-state index >= 15 is 0 Å². The topological polar surface area (TPSA) is 108 Å². The number of nitrogens with one attached hydrogen (secondary N) is 1. The van der Waals surface area contributed by atoms with Gasteiger partial charge in [0.15, 0.2) is 6.61 Å². The molecular formula is C18H22N2O6. The van der Waals surface area contributed by atoms with Gasteiger partial charge < -0.3 is 14.8 Å². The molecule has 140 valence electrons. The van der Waals surface area contributed by atoms with Gasteiger partial charge in [0.1, 0.15) is 5.75 Å². The average molecular weight is 362 g/mol. The molecule has 3 atom stereocenters. The molecule has 8 heteroatoms. The zero-order chi connectivity index (χ0) is 18.7. The van der Waals surface area contributed by atoms with E-state index in [0.29, 0.717) is 18.3 Å². The van der Waals surface area contributed by atoms with Gasteiger partial charge in [-0.1, -0.05) is 6.42 Å². The van der Waals surface area contributed by atoms with E-state index < -0.39 is 17.4 Å². The maximum absolute atomic E-state index is 12.0. The highest BCUT2D eigenvalue weighted by Gasteiger charge is 2.40. The average Bonchev–Trinajstić information content (AvgIpc) is 3.22. The number of fused-ring (bicyclic) bond motifs is 2. The van der Waals surface area contributed by atoms with Gasteiger partial charge in [0, 0.05) is 18.6 Å². The van der Waals surface area contributed by atoms with Crippen LogP contribution in [0.4, 0.5) is 11.4 Å². The van der Waals surface area contributed by atoms with Crippen LogP contribution in [0.1, 0.15) is 32.1 Å². The van der Waals surface area contributed by atoms with Crippen molar-refractivity contribution in [3.8, 4) is 5.75 Å². The third-order valence-electron chi connectivity index (χ3n) is 5.35. The molecule has 0 aliphatic heterocycles. The second-order valence-electron chi connectivity index (χ2n) is 6.99. The molecule has 1 aromatic carbocycles. The number of anilines is 1. The Morgan fingerprint density at radius 3 is 2.73 bits per heavy atom. The second-order valence-corrected chi connectivity index (χ2v) is 6.99. The molecule has 2 aliphatic carbocycles. The number of ether oxygens (including phenoxy) is 2. The summed E-state index contributed by atoms with van der Waals surface area (Å²) in [6.07, 6.45) is 5.11. The Labute approximate surface area is 151 Å². The number of nitro benzene ring substituents is 1. The quantitative estimate of drug-likeness (QED) is 0.454. The van der Waals surface area contributed by atoms with Crippen molar-refractivity contribution in [1.29, 1.82) is 0 Å². The molecule has 0 radical (unpaired) electrons. The number of carbonyl (C=O) groups excluding carboxylic acids is 2. The summed E-state index contributed by atoms with van der Waals surface area (Å²) < 4.78 is 10.1. The Bertz CT molecular complexity index is 720. The van der Waals surface area contributed by atoms with E-state index in [4.69, 9.17) is 9.47 Å². The number of benzene rings is 1. The molecule has 2 bridgehead atoms.